The summed E-state index contributed by atoms with van der Waals surface area (Å²) in [5.74, 6) is -0.246. The van der Waals surface area contributed by atoms with Gasteiger partial charge in [-0.05, 0) is 50.5 Å². The fourth-order valence-electron chi connectivity index (χ4n) is 2.25. The molecule has 0 saturated carbocycles. The van der Waals surface area contributed by atoms with Crippen LogP contribution in [0.4, 0.5) is 0 Å². The predicted octanol–water partition coefficient (Wildman–Crippen LogP) is 2.25. The highest BCUT2D eigenvalue weighted by atomic mass is 32.2. The smallest absolute Gasteiger partial charge is 0.269 e. The molecule has 6 nitrogen and oxygen atoms in total. The van der Waals surface area contributed by atoms with E-state index in [1.54, 1.807) is 13.0 Å². The van der Waals surface area contributed by atoms with Gasteiger partial charge in [-0.3, -0.25) is 9.89 Å². The van der Waals surface area contributed by atoms with Crippen LogP contribution in [0.5, 0.6) is 0 Å². The van der Waals surface area contributed by atoms with Crippen LogP contribution < -0.4 is 5.32 Å². The average molecular weight is 349 g/mol. The molecule has 0 fully saturated rings. The molecule has 1 atom stereocenters. The zero-order chi connectivity index (χ0) is 17.9. The van der Waals surface area contributed by atoms with Gasteiger partial charge in [0.15, 0.2) is 0 Å². The van der Waals surface area contributed by atoms with Crippen molar-refractivity contribution in [2.24, 2.45) is 0 Å². The standard InChI is InChI=1S/C17H23N3O3S/c1-11-5-6-14(9-12(11)2)15-10-16(20-19-15)17(21)18-13(3)7-8-24(4,22)23/h5-6,9-10,13H,7-8H2,1-4H3,(H,18,21)(H,19,20)/t13-/m0/s1. The van der Waals surface area contributed by atoms with Crippen LogP contribution in [0.25, 0.3) is 11.3 Å². The second-order valence-corrected chi connectivity index (χ2v) is 8.52. The Morgan fingerprint density at radius 1 is 1.25 bits per heavy atom. The van der Waals surface area contributed by atoms with Crippen molar-refractivity contribution >= 4 is 15.7 Å². The van der Waals surface area contributed by atoms with E-state index < -0.39 is 9.84 Å². The highest BCUT2D eigenvalue weighted by Crippen LogP contribution is 2.20. The Balaban J connectivity index is 2.04. The third-order valence-electron chi connectivity index (χ3n) is 3.92. The largest absolute Gasteiger partial charge is 0.348 e. The van der Waals surface area contributed by atoms with E-state index in [0.717, 1.165) is 11.1 Å². The highest BCUT2D eigenvalue weighted by Gasteiger charge is 2.15. The third kappa shape index (κ3) is 4.92. The Morgan fingerprint density at radius 2 is 1.96 bits per heavy atom. The SMILES string of the molecule is Cc1ccc(-c2cc(C(=O)N[C@@H](C)CCS(C)(=O)=O)[nH]n2)cc1C. The van der Waals surface area contributed by atoms with Gasteiger partial charge in [0.1, 0.15) is 15.5 Å². The van der Waals surface area contributed by atoms with Crippen molar-refractivity contribution in [1.29, 1.82) is 0 Å². The predicted molar refractivity (Wildman–Crippen MR) is 94.8 cm³/mol. The lowest BCUT2D eigenvalue weighted by Gasteiger charge is -2.12. The number of carbonyl (C=O) groups is 1. The number of nitrogens with zero attached hydrogens (tertiary/aromatic N) is 1. The van der Waals surface area contributed by atoms with Gasteiger partial charge in [-0.2, -0.15) is 5.10 Å². The van der Waals surface area contributed by atoms with Crippen LogP contribution in [0.1, 0.15) is 35.0 Å². The van der Waals surface area contributed by atoms with E-state index in [9.17, 15) is 13.2 Å². The minimum atomic E-state index is -3.03. The van der Waals surface area contributed by atoms with Gasteiger partial charge in [0, 0.05) is 17.9 Å². The normalized spacial score (nSPS) is 12.8. The van der Waals surface area contributed by atoms with E-state index in [4.69, 9.17) is 0 Å². The maximum atomic E-state index is 12.2. The van der Waals surface area contributed by atoms with Gasteiger partial charge in [-0.15, -0.1) is 0 Å². The van der Waals surface area contributed by atoms with Crippen molar-refractivity contribution in [3.8, 4) is 11.3 Å². The fourth-order valence-corrected chi connectivity index (χ4v) is 3.03. The number of sulfone groups is 1. The summed E-state index contributed by atoms with van der Waals surface area (Å²) in [6.07, 6.45) is 1.56. The lowest BCUT2D eigenvalue weighted by atomic mass is 10.0. The Hall–Kier alpha value is -2.15. The summed E-state index contributed by atoms with van der Waals surface area (Å²) in [6, 6.07) is 7.48. The van der Waals surface area contributed by atoms with Crippen molar-refractivity contribution in [2.75, 3.05) is 12.0 Å². The highest BCUT2D eigenvalue weighted by molar-refractivity contribution is 7.90. The zero-order valence-electron chi connectivity index (χ0n) is 14.4. The van der Waals surface area contributed by atoms with E-state index in [-0.39, 0.29) is 17.7 Å². The summed E-state index contributed by atoms with van der Waals surface area (Å²) < 4.78 is 22.3. The van der Waals surface area contributed by atoms with Gasteiger partial charge in [0.2, 0.25) is 0 Å². The number of aromatic amines is 1. The molecule has 2 aromatic rings. The molecule has 2 rings (SSSR count). The van der Waals surface area contributed by atoms with Gasteiger partial charge >= 0.3 is 0 Å². The van der Waals surface area contributed by atoms with Crippen LogP contribution in [0.2, 0.25) is 0 Å². The molecule has 1 amide bonds. The van der Waals surface area contributed by atoms with Crippen LogP contribution in [0.3, 0.4) is 0 Å². The molecule has 130 valence electrons. The average Bonchev–Trinajstić information content (AvgIpc) is 2.97. The van der Waals surface area contributed by atoms with E-state index in [1.807, 2.05) is 32.0 Å². The molecule has 2 N–H and O–H groups in total. The summed E-state index contributed by atoms with van der Waals surface area (Å²) in [7, 11) is -3.03. The molecule has 0 unspecified atom stereocenters. The number of aryl methyl sites for hydroxylation is 2. The number of hydrogen-bond acceptors (Lipinski definition) is 4. The minimum Gasteiger partial charge on any atom is -0.348 e. The quantitative estimate of drug-likeness (QED) is 0.836. The second-order valence-electron chi connectivity index (χ2n) is 6.26. The van der Waals surface area contributed by atoms with Crippen LogP contribution in [-0.4, -0.2) is 42.6 Å². The molecule has 0 spiro atoms. The van der Waals surface area contributed by atoms with Crippen LogP contribution in [-0.2, 0) is 9.84 Å². The first-order valence-corrected chi connectivity index (χ1v) is 9.83. The summed E-state index contributed by atoms with van der Waals surface area (Å²) in [5, 5.41) is 9.70. The molecule has 1 aromatic heterocycles. The van der Waals surface area contributed by atoms with Gasteiger partial charge < -0.3 is 5.32 Å². The Bertz CT molecular complexity index is 841. The number of nitrogens with one attached hydrogen (secondary N) is 2. The molecule has 0 bridgehead atoms. The van der Waals surface area contributed by atoms with Crippen LogP contribution in [0.15, 0.2) is 24.3 Å². The molecule has 0 aliphatic rings. The van der Waals surface area contributed by atoms with Crippen molar-refractivity contribution in [1.82, 2.24) is 15.5 Å². The lowest BCUT2D eigenvalue weighted by Crippen LogP contribution is -2.34. The lowest BCUT2D eigenvalue weighted by molar-refractivity contribution is 0.0934. The Kier molecular flexibility index (Phi) is 5.43. The number of rotatable bonds is 6. The maximum absolute atomic E-state index is 12.2. The Labute approximate surface area is 142 Å². The first-order chi connectivity index (χ1) is 11.2. The van der Waals surface area contributed by atoms with E-state index in [1.165, 1.54) is 11.8 Å². The molecule has 1 heterocycles. The Morgan fingerprint density at radius 3 is 2.58 bits per heavy atom. The first-order valence-electron chi connectivity index (χ1n) is 7.77. The van der Waals surface area contributed by atoms with Crippen molar-refractivity contribution in [3.63, 3.8) is 0 Å². The van der Waals surface area contributed by atoms with Gasteiger partial charge in [-0.1, -0.05) is 12.1 Å². The van der Waals surface area contributed by atoms with Gasteiger partial charge in [0.05, 0.1) is 11.4 Å². The van der Waals surface area contributed by atoms with Crippen LogP contribution in [0, 0.1) is 13.8 Å². The summed E-state index contributed by atoms with van der Waals surface area (Å²) in [6.45, 7) is 5.85. The van der Waals surface area contributed by atoms with E-state index >= 15 is 0 Å². The number of hydrogen-bond donors (Lipinski definition) is 2. The molecular weight excluding hydrogens is 326 g/mol. The summed E-state index contributed by atoms with van der Waals surface area (Å²) in [5.41, 5.74) is 4.36. The second kappa shape index (κ2) is 7.17. The summed E-state index contributed by atoms with van der Waals surface area (Å²) >= 11 is 0. The van der Waals surface area contributed by atoms with E-state index in [2.05, 4.69) is 15.5 Å². The number of benzene rings is 1. The topological polar surface area (TPSA) is 91.9 Å². The van der Waals surface area contributed by atoms with E-state index in [0.29, 0.717) is 17.8 Å². The number of carbonyl (C=O) groups excluding carboxylic acids is 1. The number of H-pyrrole nitrogens is 1. The van der Waals surface area contributed by atoms with Crippen molar-refractivity contribution in [2.45, 2.75) is 33.2 Å². The summed E-state index contributed by atoms with van der Waals surface area (Å²) in [4.78, 5) is 12.2. The molecule has 24 heavy (non-hydrogen) atoms. The number of amides is 1. The minimum absolute atomic E-state index is 0.0469. The molecule has 0 aliphatic carbocycles. The van der Waals surface area contributed by atoms with Crippen LogP contribution >= 0.6 is 0 Å². The molecule has 0 radical (unpaired) electrons. The van der Waals surface area contributed by atoms with Gasteiger partial charge in [-0.25, -0.2) is 8.42 Å². The fraction of sp³-hybridized carbons (Fsp3) is 0.412. The van der Waals surface area contributed by atoms with Crippen molar-refractivity contribution in [3.05, 3.63) is 41.1 Å². The third-order valence-corrected chi connectivity index (χ3v) is 4.90. The molecule has 0 aliphatic heterocycles. The van der Waals surface area contributed by atoms with Crippen molar-refractivity contribution < 1.29 is 13.2 Å². The molecule has 1 aromatic carbocycles. The molecule has 7 heteroatoms. The monoisotopic (exact) mass is 349 g/mol. The molecule has 0 saturated heterocycles. The van der Waals surface area contributed by atoms with Gasteiger partial charge in [0.25, 0.3) is 5.91 Å². The maximum Gasteiger partial charge on any atom is 0.269 e. The molecular formula is C17H23N3O3S. The zero-order valence-corrected chi connectivity index (χ0v) is 15.2. The first kappa shape index (κ1) is 18.2. The number of aromatic nitrogens is 2.